The standard InChI is InChI=1S/C13H14N2O4S/c1-3-18-12(16)9(13(17)19-4-2)10-8-5-6-20-11(8)15-7-14-10/h5-7,9H,3-4H2,1-2H3. The van der Waals surface area contributed by atoms with Crippen LogP contribution in [0.2, 0.25) is 0 Å². The molecule has 2 rings (SSSR count). The second-order valence-electron chi connectivity index (χ2n) is 3.84. The first-order valence-corrected chi connectivity index (χ1v) is 7.08. The van der Waals surface area contributed by atoms with E-state index in [4.69, 9.17) is 9.47 Å². The summed E-state index contributed by atoms with van der Waals surface area (Å²) < 4.78 is 9.91. The number of carbonyl (C=O) groups excluding carboxylic acids is 2. The van der Waals surface area contributed by atoms with E-state index in [-0.39, 0.29) is 13.2 Å². The van der Waals surface area contributed by atoms with Crippen LogP contribution in [0.25, 0.3) is 10.2 Å². The smallest absolute Gasteiger partial charge is 0.326 e. The van der Waals surface area contributed by atoms with Crippen LogP contribution in [0.15, 0.2) is 17.8 Å². The average Bonchev–Trinajstić information content (AvgIpc) is 2.89. The van der Waals surface area contributed by atoms with Gasteiger partial charge in [0.15, 0.2) is 5.92 Å². The van der Waals surface area contributed by atoms with Crippen molar-refractivity contribution in [3.05, 3.63) is 23.5 Å². The molecule has 0 saturated heterocycles. The van der Waals surface area contributed by atoms with E-state index in [0.29, 0.717) is 15.9 Å². The van der Waals surface area contributed by atoms with Crippen LogP contribution in [0.3, 0.4) is 0 Å². The Balaban J connectivity index is 2.47. The Bertz CT molecular complexity index is 608. The first-order valence-electron chi connectivity index (χ1n) is 6.20. The lowest BCUT2D eigenvalue weighted by Gasteiger charge is -2.14. The van der Waals surface area contributed by atoms with Gasteiger partial charge in [-0.05, 0) is 25.3 Å². The zero-order valence-corrected chi connectivity index (χ0v) is 12.0. The molecule has 2 aromatic rings. The fourth-order valence-corrected chi connectivity index (χ4v) is 2.55. The molecule has 0 N–H and O–H groups in total. The molecule has 0 spiro atoms. The summed E-state index contributed by atoms with van der Waals surface area (Å²) in [7, 11) is 0. The lowest BCUT2D eigenvalue weighted by molar-refractivity contribution is -0.157. The van der Waals surface area contributed by atoms with Crippen molar-refractivity contribution in [2.75, 3.05) is 13.2 Å². The van der Waals surface area contributed by atoms with Crippen molar-refractivity contribution in [1.29, 1.82) is 0 Å². The fourth-order valence-electron chi connectivity index (χ4n) is 1.81. The number of thiophene rings is 1. The van der Waals surface area contributed by atoms with Gasteiger partial charge in [-0.2, -0.15) is 0 Å². The second kappa shape index (κ2) is 6.42. The normalized spacial score (nSPS) is 10.8. The van der Waals surface area contributed by atoms with Gasteiger partial charge in [0.1, 0.15) is 11.2 Å². The Labute approximate surface area is 119 Å². The van der Waals surface area contributed by atoms with Gasteiger partial charge < -0.3 is 9.47 Å². The summed E-state index contributed by atoms with van der Waals surface area (Å²) in [5.74, 6) is -2.48. The van der Waals surface area contributed by atoms with Crippen LogP contribution in [0.5, 0.6) is 0 Å². The number of ether oxygens (including phenoxy) is 2. The molecule has 0 unspecified atom stereocenters. The highest BCUT2D eigenvalue weighted by molar-refractivity contribution is 7.16. The first-order chi connectivity index (χ1) is 9.69. The number of rotatable bonds is 5. The van der Waals surface area contributed by atoms with Crippen LogP contribution < -0.4 is 0 Å². The highest BCUT2D eigenvalue weighted by Gasteiger charge is 2.34. The Morgan fingerprint density at radius 2 is 1.85 bits per heavy atom. The van der Waals surface area contributed by atoms with Crippen LogP contribution >= 0.6 is 11.3 Å². The monoisotopic (exact) mass is 294 g/mol. The minimum atomic E-state index is -1.17. The molecule has 0 bridgehead atoms. The minimum Gasteiger partial charge on any atom is -0.465 e. The van der Waals surface area contributed by atoms with Crippen LogP contribution in [0, 0.1) is 0 Å². The lowest BCUT2D eigenvalue weighted by atomic mass is 10.0. The molecule has 0 saturated carbocycles. The molecule has 0 radical (unpaired) electrons. The van der Waals surface area contributed by atoms with E-state index in [1.807, 2.05) is 5.38 Å². The lowest BCUT2D eigenvalue weighted by Crippen LogP contribution is -2.27. The van der Waals surface area contributed by atoms with Gasteiger partial charge in [0, 0.05) is 5.39 Å². The molecule has 0 aromatic carbocycles. The molecule has 2 aromatic heterocycles. The van der Waals surface area contributed by atoms with E-state index in [1.54, 1.807) is 19.9 Å². The van der Waals surface area contributed by atoms with Gasteiger partial charge in [-0.1, -0.05) is 0 Å². The third kappa shape index (κ3) is 2.77. The summed E-state index contributed by atoms with van der Waals surface area (Å²) in [6.07, 6.45) is 1.33. The van der Waals surface area contributed by atoms with E-state index in [9.17, 15) is 9.59 Å². The molecule has 6 nitrogen and oxygen atoms in total. The number of fused-ring (bicyclic) bond motifs is 1. The zero-order valence-electron chi connectivity index (χ0n) is 11.2. The molecule has 0 aliphatic carbocycles. The topological polar surface area (TPSA) is 78.4 Å². The molecule has 2 heterocycles. The second-order valence-corrected chi connectivity index (χ2v) is 4.73. The largest absolute Gasteiger partial charge is 0.465 e. The Kier molecular flexibility index (Phi) is 4.62. The zero-order chi connectivity index (χ0) is 14.5. The van der Waals surface area contributed by atoms with Crippen molar-refractivity contribution in [2.24, 2.45) is 0 Å². The third-order valence-electron chi connectivity index (χ3n) is 2.61. The van der Waals surface area contributed by atoms with Gasteiger partial charge in [0.05, 0.1) is 18.9 Å². The fraction of sp³-hybridized carbons (Fsp3) is 0.385. The molecule has 0 aliphatic heterocycles. The molecule has 0 atom stereocenters. The molecular weight excluding hydrogens is 280 g/mol. The number of carbonyl (C=O) groups is 2. The molecule has 20 heavy (non-hydrogen) atoms. The van der Waals surface area contributed by atoms with Crippen molar-refractivity contribution in [3.8, 4) is 0 Å². The Morgan fingerprint density at radius 1 is 1.20 bits per heavy atom. The Morgan fingerprint density at radius 3 is 2.45 bits per heavy atom. The molecular formula is C13H14N2O4S. The van der Waals surface area contributed by atoms with E-state index in [2.05, 4.69) is 9.97 Å². The molecule has 0 fully saturated rings. The van der Waals surface area contributed by atoms with Gasteiger partial charge >= 0.3 is 11.9 Å². The van der Waals surface area contributed by atoms with Gasteiger partial charge in [0.25, 0.3) is 0 Å². The number of aromatic nitrogens is 2. The van der Waals surface area contributed by atoms with Gasteiger partial charge in [-0.15, -0.1) is 11.3 Å². The number of hydrogen-bond donors (Lipinski definition) is 0. The van der Waals surface area contributed by atoms with Crippen LogP contribution in [0.1, 0.15) is 25.5 Å². The highest BCUT2D eigenvalue weighted by atomic mass is 32.1. The summed E-state index contributed by atoms with van der Waals surface area (Å²) in [6, 6.07) is 1.78. The third-order valence-corrected chi connectivity index (χ3v) is 3.43. The van der Waals surface area contributed by atoms with Gasteiger partial charge in [-0.25, -0.2) is 9.97 Å². The maximum absolute atomic E-state index is 12.0. The summed E-state index contributed by atoms with van der Waals surface area (Å²) in [5.41, 5.74) is 0.327. The predicted octanol–water partition coefficient (Wildman–Crippen LogP) is 1.90. The number of esters is 2. The van der Waals surface area contributed by atoms with Crippen molar-refractivity contribution in [2.45, 2.75) is 19.8 Å². The summed E-state index contributed by atoms with van der Waals surface area (Å²) in [5, 5.41) is 2.50. The van der Waals surface area contributed by atoms with Gasteiger partial charge in [0.2, 0.25) is 0 Å². The van der Waals surface area contributed by atoms with Crippen LogP contribution in [-0.4, -0.2) is 35.1 Å². The van der Waals surface area contributed by atoms with Crippen molar-refractivity contribution < 1.29 is 19.1 Å². The van der Waals surface area contributed by atoms with Crippen molar-refractivity contribution in [3.63, 3.8) is 0 Å². The summed E-state index contributed by atoms with van der Waals surface area (Å²) in [6.45, 7) is 3.74. The maximum Gasteiger partial charge on any atom is 0.326 e. The molecule has 0 aliphatic rings. The first kappa shape index (κ1) is 14.4. The SMILES string of the molecule is CCOC(=O)C(C(=O)OCC)c1ncnc2sccc12. The van der Waals surface area contributed by atoms with E-state index >= 15 is 0 Å². The van der Waals surface area contributed by atoms with Crippen LogP contribution in [0.4, 0.5) is 0 Å². The number of nitrogens with zero attached hydrogens (tertiary/aromatic N) is 2. The molecule has 0 amide bonds. The maximum atomic E-state index is 12.0. The van der Waals surface area contributed by atoms with Gasteiger partial charge in [-0.3, -0.25) is 9.59 Å². The quantitative estimate of drug-likeness (QED) is 0.619. The van der Waals surface area contributed by atoms with E-state index < -0.39 is 17.9 Å². The average molecular weight is 294 g/mol. The predicted molar refractivity (Wildman–Crippen MR) is 73.4 cm³/mol. The van der Waals surface area contributed by atoms with E-state index in [0.717, 1.165) is 0 Å². The van der Waals surface area contributed by atoms with Crippen molar-refractivity contribution in [1.82, 2.24) is 9.97 Å². The van der Waals surface area contributed by atoms with Crippen molar-refractivity contribution >= 4 is 33.5 Å². The minimum absolute atomic E-state index is 0.187. The molecule has 7 heteroatoms. The number of hydrogen-bond acceptors (Lipinski definition) is 7. The summed E-state index contributed by atoms with van der Waals surface area (Å²) >= 11 is 1.41. The molecule has 106 valence electrons. The van der Waals surface area contributed by atoms with Crippen LogP contribution in [-0.2, 0) is 19.1 Å². The summed E-state index contributed by atoms with van der Waals surface area (Å²) in [4.78, 5) is 33.0. The van der Waals surface area contributed by atoms with E-state index in [1.165, 1.54) is 17.7 Å². The Hall–Kier alpha value is -2.02. The highest BCUT2D eigenvalue weighted by Crippen LogP contribution is 2.27.